The molecule has 1 aromatic carbocycles. The Kier molecular flexibility index (Phi) is 6.14. The Balaban J connectivity index is 1.81. The van der Waals surface area contributed by atoms with E-state index < -0.39 is 23.9 Å². The number of rotatable bonds is 4. The molecule has 0 unspecified atom stereocenters. The molecular weight excluding hydrogens is 432 g/mol. The Labute approximate surface area is 175 Å². The quantitative estimate of drug-likeness (QED) is 0.663. The predicted octanol–water partition coefficient (Wildman–Crippen LogP) is 5.57. The molecule has 1 aliphatic rings. The molecule has 156 valence electrons. The zero-order chi connectivity index (χ0) is 21.3. The van der Waals surface area contributed by atoms with E-state index in [0.29, 0.717) is 16.2 Å². The molecule has 10 heteroatoms. The van der Waals surface area contributed by atoms with Gasteiger partial charge in [-0.1, -0.05) is 29.3 Å². The van der Waals surface area contributed by atoms with E-state index in [1.165, 1.54) is 4.90 Å². The monoisotopic (exact) mass is 448 g/mol. The van der Waals surface area contributed by atoms with Crippen molar-refractivity contribution < 1.29 is 27.8 Å². The Hall–Kier alpha value is -2.19. The van der Waals surface area contributed by atoms with E-state index in [0.717, 1.165) is 17.7 Å². The number of halogens is 5. The molecule has 3 atom stereocenters. The second kappa shape index (κ2) is 8.28. The molecule has 1 fully saturated rings. The molecule has 1 aromatic heterocycles. The SMILES string of the molecule is C[C@H](Oc1ccc(C(F)(F)F)cn1)[C@@H]1CN(C(=O)O)C[C@@H]1c1ccc(Cl)c(Cl)c1. The van der Waals surface area contributed by atoms with E-state index in [1.54, 1.807) is 25.1 Å². The summed E-state index contributed by atoms with van der Waals surface area (Å²) in [4.78, 5) is 16.5. The average molecular weight is 449 g/mol. The lowest BCUT2D eigenvalue weighted by Gasteiger charge is -2.25. The van der Waals surface area contributed by atoms with E-state index in [1.807, 2.05) is 0 Å². The third kappa shape index (κ3) is 4.87. The van der Waals surface area contributed by atoms with Crippen LogP contribution in [0.5, 0.6) is 5.88 Å². The summed E-state index contributed by atoms with van der Waals surface area (Å²) in [5.74, 6) is -0.440. The van der Waals surface area contributed by atoms with E-state index in [2.05, 4.69) is 4.98 Å². The third-order valence-corrected chi connectivity index (χ3v) is 5.72. The van der Waals surface area contributed by atoms with Gasteiger partial charge in [-0.05, 0) is 30.7 Å². The number of likely N-dealkylation sites (tertiary alicyclic amines) is 1. The molecule has 1 saturated heterocycles. The number of nitrogens with zero attached hydrogens (tertiary/aromatic N) is 2. The molecule has 0 radical (unpaired) electrons. The van der Waals surface area contributed by atoms with Crippen molar-refractivity contribution in [3.63, 3.8) is 0 Å². The summed E-state index contributed by atoms with van der Waals surface area (Å²) < 4.78 is 43.8. The zero-order valence-corrected chi connectivity index (χ0v) is 16.7. The standard InChI is InChI=1S/C19H17Cl2F3N2O3/c1-10(29-17-5-3-12(7-25-17)19(22,23)24)13-8-26(18(27)28)9-14(13)11-2-4-15(20)16(21)6-11/h2-7,10,13-14H,8-9H2,1H3,(H,27,28)/t10-,13-,14+/m0/s1. The fourth-order valence-electron chi connectivity index (χ4n) is 3.45. The van der Waals surface area contributed by atoms with Gasteiger partial charge in [-0.25, -0.2) is 9.78 Å². The topological polar surface area (TPSA) is 62.7 Å². The van der Waals surface area contributed by atoms with Gasteiger partial charge in [0.25, 0.3) is 0 Å². The first-order chi connectivity index (χ1) is 13.6. The van der Waals surface area contributed by atoms with Crippen molar-refractivity contribution in [1.29, 1.82) is 0 Å². The highest BCUT2D eigenvalue weighted by atomic mass is 35.5. The van der Waals surface area contributed by atoms with Crippen LogP contribution in [0.25, 0.3) is 0 Å². The first kappa shape index (κ1) is 21.5. The number of pyridine rings is 1. The maximum atomic E-state index is 12.7. The summed E-state index contributed by atoms with van der Waals surface area (Å²) in [6.45, 7) is 2.19. The van der Waals surface area contributed by atoms with Crippen molar-refractivity contribution in [3.05, 3.63) is 57.7 Å². The fraction of sp³-hybridized carbons (Fsp3) is 0.368. The van der Waals surface area contributed by atoms with Crippen LogP contribution in [0.2, 0.25) is 10.0 Å². The van der Waals surface area contributed by atoms with Crippen molar-refractivity contribution in [2.24, 2.45) is 5.92 Å². The Morgan fingerprint density at radius 2 is 1.97 bits per heavy atom. The number of ether oxygens (including phenoxy) is 1. The van der Waals surface area contributed by atoms with Gasteiger partial charge in [0.15, 0.2) is 0 Å². The molecule has 1 aliphatic heterocycles. The smallest absolute Gasteiger partial charge is 0.417 e. The summed E-state index contributed by atoms with van der Waals surface area (Å²) in [7, 11) is 0. The minimum Gasteiger partial charge on any atom is -0.474 e. The molecule has 0 bridgehead atoms. The Morgan fingerprint density at radius 3 is 2.52 bits per heavy atom. The van der Waals surface area contributed by atoms with Gasteiger partial charge in [0.2, 0.25) is 5.88 Å². The van der Waals surface area contributed by atoms with Crippen molar-refractivity contribution in [2.75, 3.05) is 13.1 Å². The van der Waals surface area contributed by atoms with E-state index in [4.69, 9.17) is 27.9 Å². The number of hydrogen-bond acceptors (Lipinski definition) is 3. The van der Waals surface area contributed by atoms with Gasteiger partial charge < -0.3 is 14.7 Å². The molecular formula is C19H17Cl2F3N2O3. The normalized spacial score (nSPS) is 20.6. The van der Waals surface area contributed by atoms with Crippen molar-refractivity contribution in [2.45, 2.75) is 25.1 Å². The molecule has 3 rings (SSSR count). The van der Waals surface area contributed by atoms with Crippen LogP contribution in [0.15, 0.2) is 36.5 Å². The Morgan fingerprint density at radius 1 is 1.24 bits per heavy atom. The first-order valence-corrected chi connectivity index (χ1v) is 9.44. The fourth-order valence-corrected chi connectivity index (χ4v) is 3.76. The van der Waals surface area contributed by atoms with E-state index in [9.17, 15) is 23.1 Å². The maximum Gasteiger partial charge on any atom is 0.417 e. The van der Waals surface area contributed by atoms with Crippen LogP contribution in [0.3, 0.4) is 0 Å². The first-order valence-electron chi connectivity index (χ1n) is 8.69. The molecule has 2 heterocycles. The van der Waals surface area contributed by atoms with Gasteiger partial charge in [0.05, 0.1) is 15.6 Å². The van der Waals surface area contributed by atoms with Crippen LogP contribution in [0, 0.1) is 5.92 Å². The number of aromatic nitrogens is 1. The summed E-state index contributed by atoms with van der Waals surface area (Å²) >= 11 is 12.1. The van der Waals surface area contributed by atoms with Crippen molar-refractivity contribution in [1.82, 2.24) is 9.88 Å². The van der Waals surface area contributed by atoms with Gasteiger partial charge in [-0.15, -0.1) is 0 Å². The lowest BCUT2D eigenvalue weighted by molar-refractivity contribution is -0.137. The molecule has 0 saturated carbocycles. The number of carboxylic acid groups (broad SMARTS) is 1. The molecule has 0 spiro atoms. The van der Waals surface area contributed by atoms with Crippen molar-refractivity contribution >= 4 is 29.3 Å². The summed E-state index contributed by atoms with van der Waals surface area (Å²) in [5.41, 5.74) is -0.0620. The van der Waals surface area contributed by atoms with E-state index >= 15 is 0 Å². The average Bonchev–Trinajstić information content (AvgIpc) is 3.09. The minimum atomic E-state index is -4.48. The van der Waals surface area contributed by atoms with Gasteiger partial charge >= 0.3 is 12.3 Å². The summed E-state index contributed by atoms with van der Waals surface area (Å²) in [6.07, 6.45) is -5.35. The molecule has 5 nitrogen and oxygen atoms in total. The van der Waals surface area contributed by atoms with Gasteiger partial charge in [-0.2, -0.15) is 13.2 Å². The van der Waals surface area contributed by atoms with Gasteiger partial charge in [-0.3, -0.25) is 0 Å². The lowest BCUT2D eigenvalue weighted by atomic mass is 9.86. The maximum absolute atomic E-state index is 12.7. The van der Waals surface area contributed by atoms with Crippen LogP contribution < -0.4 is 4.74 Å². The summed E-state index contributed by atoms with van der Waals surface area (Å²) in [6, 6.07) is 7.15. The van der Waals surface area contributed by atoms with Crippen LogP contribution in [-0.4, -0.2) is 40.3 Å². The number of alkyl halides is 3. The number of carbonyl (C=O) groups is 1. The summed E-state index contributed by atoms with van der Waals surface area (Å²) in [5, 5.41) is 10.1. The third-order valence-electron chi connectivity index (χ3n) is 4.98. The van der Waals surface area contributed by atoms with Crippen LogP contribution in [0.4, 0.5) is 18.0 Å². The zero-order valence-electron chi connectivity index (χ0n) is 15.2. The van der Waals surface area contributed by atoms with Crippen LogP contribution in [-0.2, 0) is 6.18 Å². The van der Waals surface area contributed by atoms with Crippen LogP contribution >= 0.6 is 23.2 Å². The van der Waals surface area contributed by atoms with Crippen LogP contribution in [0.1, 0.15) is 24.0 Å². The van der Waals surface area contributed by atoms with Crippen molar-refractivity contribution in [3.8, 4) is 5.88 Å². The molecule has 1 amide bonds. The highest BCUT2D eigenvalue weighted by Crippen LogP contribution is 2.38. The molecule has 2 aromatic rings. The van der Waals surface area contributed by atoms with E-state index in [-0.39, 0.29) is 30.8 Å². The largest absolute Gasteiger partial charge is 0.474 e. The highest BCUT2D eigenvalue weighted by molar-refractivity contribution is 6.42. The highest BCUT2D eigenvalue weighted by Gasteiger charge is 2.40. The van der Waals surface area contributed by atoms with Gasteiger partial charge in [0.1, 0.15) is 6.10 Å². The number of hydrogen-bond donors (Lipinski definition) is 1. The minimum absolute atomic E-state index is 0.0344. The Bertz CT molecular complexity index is 893. The predicted molar refractivity (Wildman–Crippen MR) is 102 cm³/mol. The number of benzene rings is 1. The lowest BCUT2D eigenvalue weighted by Crippen LogP contribution is -2.31. The second-order valence-corrected chi connectivity index (χ2v) is 7.65. The molecule has 1 N–H and O–H groups in total. The number of amides is 1. The molecule has 0 aliphatic carbocycles. The molecule has 29 heavy (non-hydrogen) atoms. The second-order valence-electron chi connectivity index (χ2n) is 6.84. The van der Waals surface area contributed by atoms with Gasteiger partial charge in [0, 0.05) is 37.2 Å².